The molecule has 0 fully saturated rings. The highest BCUT2D eigenvalue weighted by atomic mass is 15.3. The highest BCUT2D eigenvalue weighted by molar-refractivity contribution is 5.25. The second-order valence-corrected chi connectivity index (χ2v) is 4.11. The Hall–Kier alpha value is -1.68. The van der Waals surface area contributed by atoms with Crippen molar-refractivity contribution in [2.45, 2.75) is 25.8 Å². The Morgan fingerprint density at radius 2 is 1.94 bits per heavy atom. The molecular formula is C13H18N4. The van der Waals surface area contributed by atoms with E-state index in [9.17, 15) is 0 Å². The van der Waals surface area contributed by atoms with Crippen LogP contribution in [0.2, 0.25) is 0 Å². The highest BCUT2D eigenvalue weighted by Crippen LogP contribution is 2.26. The lowest BCUT2D eigenvalue weighted by molar-refractivity contribution is 0.659. The Morgan fingerprint density at radius 1 is 1.24 bits per heavy atom. The van der Waals surface area contributed by atoms with Gasteiger partial charge in [-0.3, -0.25) is 0 Å². The second kappa shape index (κ2) is 5.10. The summed E-state index contributed by atoms with van der Waals surface area (Å²) in [5.41, 5.74) is 6.89. The Bertz CT molecular complexity index is 475. The Kier molecular flexibility index (Phi) is 3.54. The number of aromatic nitrogens is 3. The predicted molar refractivity (Wildman–Crippen MR) is 67.5 cm³/mol. The lowest BCUT2D eigenvalue weighted by Gasteiger charge is -2.14. The molecule has 1 heterocycles. The van der Waals surface area contributed by atoms with Crippen molar-refractivity contribution in [1.82, 2.24) is 14.8 Å². The van der Waals surface area contributed by atoms with Crippen LogP contribution in [0.15, 0.2) is 30.3 Å². The van der Waals surface area contributed by atoms with Crippen LogP contribution < -0.4 is 5.73 Å². The largest absolute Gasteiger partial charge is 0.324 e. The van der Waals surface area contributed by atoms with Crippen molar-refractivity contribution in [2.24, 2.45) is 12.8 Å². The molecule has 1 unspecified atom stereocenters. The van der Waals surface area contributed by atoms with Gasteiger partial charge in [0.15, 0.2) is 0 Å². The van der Waals surface area contributed by atoms with Crippen molar-refractivity contribution in [3.63, 3.8) is 0 Å². The summed E-state index contributed by atoms with van der Waals surface area (Å²) in [5.74, 6) is 2.10. The van der Waals surface area contributed by atoms with Crippen molar-refractivity contribution in [3.8, 4) is 0 Å². The molecule has 0 amide bonds. The van der Waals surface area contributed by atoms with Crippen molar-refractivity contribution >= 4 is 0 Å². The first-order valence-electron chi connectivity index (χ1n) is 5.91. The molecule has 0 radical (unpaired) electrons. The summed E-state index contributed by atoms with van der Waals surface area (Å²) in [7, 11) is 1.98. The number of nitrogens with zero attached hydrogens (tertiary/aromatic N) is 3. The lowest BCUT2D eigenvalue weighted by atomic mass is 9.96. The minimum Gasteiger partial charge on any atom is -0.324 e. The van der Waals surface area contributed by atoms with Crippen LogP contribution >= 0.6 is 0 Å². The van der Waals surface area contributed by atoms with Gasteiger partial charge in [0.05, 0.1) is 6.54 Å². The first-order chi connectivity index (χ1) is 8.27. The normalized spacial score (nSPS) is 12.6. The van der Waals surface area contributed by atoms with E-state index in [1.807, 2.05) is 17.7 Å². The minimum absolute atomic E-state index is 0.286. The van der Waals surface area contributed by atoms with Crippen LogP contribution in [0.4, 0.5) is 0 Å². The molecule has 4 heteroatoms. The summed E-state index contributed by atoms with van der Waals surface area (Å²) < 4.78 is 2.00. The van der Waals surface area contributed by atoms with Crippen molar-refractivity contribution in [1.29, 1.82) is 0 Å². The van der Waals surface area contributed by atoms with E-state index in [0.717, 1.165) is 18.1 Å². The van der Waals surface area contributed by atoms with Crippen molar-refractivity contribution in [3.05, 3.63) is 47.5 Å². The average molecular weight is 230 g/mol. The van der Waals surface area contributed by atoms with E-state index in [1.54, 1.807) is 0 Å². The van der Waals surface area contributed by atoms with Gasteiger partial charge in [-0.15, -0.1) is 10.2 Å². The fourth-order valence-electron chi connectivity index (χ4n) is 2.11. The molecule has 2 rings (SSSR count). The van der Waals surface area contributed by atoms with Gasteiger partial charge < -0.3 is 10.3 Å². The van der Waals surface area contributed by atoms with Gasteiger partial charge in [-0.2, -0.15) is 0 Å². The average Bonchev–Trinajstić information content (AvgIpc) is 2.73. The van der Waals surface area contributed by atoms with Crippen molar-refractivity contribution < 1.29 is 0 Å². The number of hydrogen-bond donors (Lipinski definition) is 1. The number of benzene rings is 1. The third-order valence-electron chi connectivity index (χ3n) is 3.10. The van der Waals surface area contributed by atoms with Gasteiger partial charge in [-0.25, -0.2) is 0 Å². The fourth-order valence-corrected chi connectivity index (χ4v) is 2.11. The number of nitrogens with two attached hydrogens (primary N) is 1. The summed E-state index contributed by atoms with van der Waals surface area (Å²) in [6.07, 6.45) is 1.00. The molecule has 0 saturated heterocycles. The molecule has 1 atom stereocenters. The first-order valence-corrected chi connectivity index (χ1v) is 5.91. The smallest absolute Gasteiger partial charge is 0.146 e. The van der Waals surface area contributed by atoms with Gasteiger partial charge in [0.2, 0.25) is 0 Å². The van der Waals surface area contributed by atoms with Gasteiger partial charge in [-0.1, -0.05) is 37.3 Å². The third kappa shape index (κ3) is 2.22. The zero-order valence-corrected chi connectivity index (χ0v) is 10.3. The maximum absolute atomic E-state index is 5.62. The van der Waals surface area contributed by atoms with Crippen LogP contribution in [0.25, 0.3) is 0 Å². The summed E-state index contributed by atoms with van der Waals surface area (Å²) in [6.45, 7) is 2.59. The summed E-state index contributed by atoms with van der Waals surface area (Å²) in [5, 5.41) is 8.38. The van der Waals surface area contributed by atoms with E-state index in [-0.39, 0.29) is 5.92 Å². The van der Waals surface area contributed by atoms with E-state index in [0.29, 0.717) is 6.54 Å². The van der Waals surface area contributed by atoms with E-state index in [4.69, 9.17) is 5.73 Å². The highest BCUT2D eigenvalue weighted by Gasteiger charge is 2.18. The molecule has 1 aromatic heterocycles. The van der Waals surface area contributed by atoms with Gasteiger partial charge in [0.25, 0.3) is 0 Å². The van der Waals surface area contributed by atoms with Gasteiger partial charge in [0.1, 0.15) is 11.6 Å². The minimum atomic E-state index is 0.286. The maximum Gasteiger partial charge on any atom is 0.146 e. The molecule has 1 aromatic carbocycles. The zero-order valence-electron chi connectivity index (χ0n) is 10.3. The Labute approximate surface area is 101 Å². The summed E-state index contributed by atoms with van der Waals surface area (Å²) in [6, 6.07) is 10.4. The van der Waals surface area contributed by atoms with Gasteiger partial charge in [0, 0.05) is 13.0 Å². The van der Waals surface area contributed by atoms with Gasteiger partial charge >= 0.3 is 0 Å². The number of hydrogen-bond acceptors (Lipinski definition) is 3. The second-order valence-electron chi connectivity index (χ2n) is 4.11. The lowest BCUT2D eigenvalue weighted by Crippen LogP contribution is -2.10. The van der Waals surface area contributed by atoms with Crippen LogP contribution in [0.3, 0.4) is 0 Å². The van der Waals surface area contributed by atoms with E-state index < -0.39 is 0 Å². The van der Waals surface area contributed by atoms with E-state index in [2.05, 4.69) is 41.4 Å². The quantitative estimate of drug-likeness (QED) is 0.871. The topological polar surface area (TPSA) is 56.7 Å². The van der Waals surface area contributed by atoms with E-state index >= 15 is 0 Å². The molecule has 0 aliphatic rings. The molecule has 0 bridgehead atoms. The molecule has 4 nitrogen and oxygen atoms in total. The SMILES string of the molecule is CCC(c1ccccc1)c1nnc(CN)n1C. The van der Waals surface area contributed by atoms with Crippen LogP contribution in [-0.2, 0) is 13.6 Å². The standard InChI is InChI=1S/C13H18N4/c1-3-11(10-7-5-4-6-8-10)13-16-15-12(9-14)17(13)2/h4-8,11H,3,9,14H2,1-2H3. The maximum atomic E-state index is 5.62. The van der Waals surface area contributed by atoms with Crippen LogP contribution in [0.5, 0.6) is 0 Å². The van der Waals surface area contributed by atoms with Crippen molar-refractivity contribution in [2.75, 3.05) is 0 Å². The first kappa shape index (κ1) is 11.8. The molecule has 17 heavy (non-hydrogen) atoms. The molecule has 0 aliphatic carbocycles. The Morgan fingerprint density at radius 3 is 2.47 bits per heavy atom. The summed E-state index contributed by atoms with van der Waals surface area (Å²) >= 11 is 0. The van der Waals surface area contributed by atoms with Crippen LogP contribution in [0, 0.1) is 0 Å². The molecule has 90 valence electrons. The van der Waals surface area contributed by atoms with Crippen LogP contribution in [-0.4, -0.2) is 14.8 Å². The molecule has 0 aliphatic heterocycles. The Balaban J connectivity index is 2.39. The third-order valence-corrected chi connectivity index (χ3v) is 3.10. The summed E-state index contributed by atoms with van der Waals surface area (Å²) in [4.78, 5) is 0. The molecular weight excluding hydrogens is 212 g/mol. The predicted octanol–water partition coefficient (Wildman–Crippen LogP) is 1.82. The zero-order chi connectivity index (χ0) is 12.3. The van der Waals surface area contributed by atoms with Gasteiger partial charge in [-0.05, 0) is 12.0 Å². The fraction of sp³-hybridized carbons (Fsp3) is 0.385. The molecule has 0 spiro atoms. The van der Waals surface area contributed by atoms with Crippen LogP contribution in [0.1, 0.15) is 36.5 Å². The van der Waals surface area contributed by atoms with E-state index in [1.165, 1.54) is 5.56 Å². The molecule has 2 N–H and O–H groups in total. The monoisotopic (exact) mass is 230 g/mol. The molecule has 0 saturated carbocycles. The molecule has 2 aromatic rings. The number of rotatable bonds is 4.